The zero-order chi connectivity index (χ0) is 15.7. The third kappa shape index (κ3) is 3.78. The summed E-state index contributed by atoms with van der Waals surface area (Å²) in [6, 6.07) is 0.243. The molecule has 21 heavy (non-hydrogen) atoms. The molecule has 2 unspecified atom stereocenters. The Kier molecular flexibility index (Phi) is 4.64. The Bertz CT molecular complexity index is 419. The molecule has 2 bridgehead atoms. The second kappa shape index (κ2) is 5.98. The Morgan fingerprint density at radius 3 is 2.57 bits per heavy atom. The van der Waals surface area contributed by atoms with E-state index < -0.39 is 5.91 Å². The Balaban J connectivity index is 1.93. The first-order valence-corrected chi connectivity index (χ1v) is 8.35. The topological polar surface area (TPSA) is 49.4 Å². The smallest absolute Gasteiger partial charge is 0.312 e. The summed E-state index contributed by atoms with van der Waals surface area (Å²) >= 11 is 0. The van der Waals surface area contributed by atoms with E-state index in [1.165, 1.54) is 0 Å². The highest BCUT2D eigenvalue weighted by molar-refractivity contribution is 6.35. The number of amides is 2. The lowest BCUT2D eigenvalue weighted by atomic mass is 9.65. The molecule has 120 valence electrons. The van der Waals surface area contributed by atoms with Gasteiger partial charge in [-0.3, -0.25) is 9.59 Å². The molecule has 0 aromatic rings. The predicted octanol–water partition coefficient (Wildman–Crippen LogP) is 2.72. The summed E-state index contributed by atoms with van der Waals surface area (Å²) in [4.78, 5) is 26.3. The fraction of sp³-hybridized carbons (Fsp3) is 0.882. The highest BCUT2D eigenvalue weighted by Crippen LogP contribution is 2.52. The molecule has 1 saturated carbocycles. The van der Waals surface area contributed by atoms with Crippen LogP contribution >= 0.6 is 0 Å². The lowest BCUT2D eigenvalue weighted by Crippen LogP contribution is -2.46. The SMILES string of the molecule is CCCCCNC(=O)C(=O)N1CC2(C)CC1CC(C)(C)C2. The van der Waals surface area contributed by atoms with Gasteiger partial charge in [-0.15, -0.1) is 0 Å². The van der Waals surface area contributed by atoms with E-state index in [9.17, 15) is 9.59 Å². The highest BCUT2D eigenvalue weighted by atomic mass is 16.2. The maximum absolute atomic E-state index is 12.4. The first-order valence-electron chi connectivity index (χ1n) is 8.35. The standard InChI is InChI=1S/C17H30N2O2/c1-5-6-7-8-18-14(20)15(21)19-12-17(4)10-13(19)9-16(2,3)11-17/h13H,5-12H2,1-4H3,(H,18,20). The van der Waals surface area contributed by atoms with Crippen molar-refractivity contribution in [1.29, 1.82) is 0 Å². The molecule has 2 amide bonds. The third-order valence-corrected chi connectivity index (χ3v) is 4.94. The fourth-order valence-electron chi connectivity index (χ4n) is 4.48. The van der Waals surface area contributed by atoms with Crippen molar-refractivity contribution in [3.8, 4) is 0 Å². The van der Waals surface area contributed by atoms with E-state index in [4.69, 9.17) is 0 Å². The van der Waals surface area contributed by atoms with E-state index in [1.807, 2.05) is 4.90 Å². The lowest BCUT2D eigenvalue weighted by molar-refractivity contribution is -0.146. The number of hydrogen-bond acceptors (Lipinski definition) is 2. The second-order valence-electron chi connectivity index (χ2n) is 8.11. The number of rotatable bonds is 4. The van der Waals surface area contributed by atoms with Gasteiger partial charge in [-0.2, -0.15) is 0 Å². The van der Waals surface area contributed by atoms with E-state index in [1.54, 1.807) is 0 Å². The van der Waals surface area contributed by atoms with Crippen LogP contribution in [-0.2, 0) is 9.59 Å². The molecule has 2 aliphatic rings. The minimum absolute atomic E-state index is 0.185. The van der Waals surface area contributed by atoms with E-state index in [0.717, 1.165) is 45.1 Å². The van der Waals surface area contributed by atoms with Gasteiger partial charge < -0.3 is 10.2 Å². The van der Waals surface area contributed by atoms with Crippen LogP contribution in [0.15, 0.2) is 0 Å². The van der Waals surface area contributed by atoms with Crippen LogP contribution in [0.3, 0.4) is 0 Å². The van der Waals surface area contributed by atoms with Crippen LogP contribution in [0.25, 0.3) is 0 Å². The van der Waals surface area contributed by atoms with E-state index in [2.05, 4.69) is 33.0 Å². The molecular weight excluding hydrogens is 264 g/mol. The molecule has 2 rings (SSSR count). The van der Waals surface area contributed by atoms with Gasteiger partial charge >= 0.3 is 11.8 Å². The third-order valence-electron chi connectivity index (χ3n) is 4.94. The molecule has 0 aromatic heterocycles. The van der Waals surface area contributed by atoms with Gasteiger partial charge in [0, 0.05) is 19.1 Å². The molecular formula is C17H30N2O2. The number of nitrogens with one attached hydrogen (secondary N) is 1. The van der Waals surface area contributed by atoms with Crippen LogP contribution in [0, 0.1) is 10.8 Å². The molecule has 1 aliphatic carbocycles. The second-order valence-corrected chi connectivity index (χ2v) is 8.11. The summed E-state index contributed by atoms with van der Waals surface area (Å²) in [7, 11) is 0. The molecule has 4 nitrogen and oxygen atoms in total. The molecule has 1 aliphatic heterocycles. The van der Waals surface area contributed by atoms with Crippen molar-refractivity contribution in [3.05, 3.63) is 0 Å². The van der Waals surface area contributed by atoms with Crippen LogP contribution in [0.1, 0.15) is 66.2 Å². The molecule has 1 heterocycles. The first-order chi connectivity index (χ1) is 9.76. The largest absolute Gasteiger partial charge is 0.348 e. The number of carbonyl (C=O) groups excluding carboxylic acids is 2. The van der Waals surface area contributed by atoms with Crippen molar-refractivity contribution in [3.63, 3.8) is 0 Å². The number of likely N-dealkylation sites (tertiary alicyclic amines) is 1. The van der Waals surface area contributed by atoms with Gasteiger partial charge in [-0.25, -0.2) is 0 Å². The maximum atomic E-state index is 12.4. The predicted molar refractivity (Wildman–Crippen MR) is 83.8 cm³/mol. The van der Waals surface area contributed by atoms with Gasteiger partial charge in [0.25, 0.3) is 0 Å². The van der Waals surface area contributed by atoms with Crippen LogP contribution in [0.2, 0.25) is 0 Å². The number of hydrogen-bond donors (Lipinski definition) is 1. The summed E-state index contributed by atoms with van der Waals surface area (Å²) < 4.78 is 0. The molecule has 1 saturated heterocycles. The van der Waals surface area contributed by atoms with E-state index in [0.29, 0.717) is 6.54 Å². The van der Waals surface area contributed by atoms with Crippen LogP contribution < -0.4 is 5.32 Å². The molecule has 2 fully saturated rings. The minimum Gasteiger partial charge on any atom is -0.348 e. The molecule has 0 spiro atoms. The average Bonchev–Trinajstić information content (AvgIpc) is 2.62. The van der Waals surface area contributed by atoms with Gasteiger partial charge in [0.2, 0.25) is 0 Å². The van der Waals surface area contributed by atoms with Crippen LogP contribution in [0.5, 0.6) is 0 Å². The lowest BCUT2D eigenvalue weighted by Gasteiger charge is -2.39. The summed E-state index contributed by atoms with van der Waals surface area (Å²) in [6.07, 6.45) is 6.35. The maximum Gasteiger partial charge on any atom is 0.312 e. The summed E-state index contributed by atoms with van der Waals surface area (Å²) in [5, 5.41) is 2.78. The number of nitrogens with zero attached hydrogens (tertiary/aromatic N) is 1. The summed E-state index contributed by atoms with van der Waals surface area (Å²) in [6.45, 7) is 10.3. The van der Waals surface area contributed by atoms with Gasteiger partial charge in [-0.1, -0.05) is 40.5 Å². The highest BCUT2D eigenvalue weighted by Gasteiger charge is 2.51. The van der Waals surface area contributed by atoms with Crippen molar-refractivity contribution in [2.45, 2.75) is 72.3 Å². The average molecular weight is 294 g/mol. The normalized spacial score (nSPS) is 30.3. The first kappa shape index (κ1) is 16.3. The zero-order valence-electron chi connectivity index (χ0n) is 14.0. The Hall–Kier alpha value is -1.06. The van der Waals surface area contributed by atoms with Crippen molar-refractivity contribution in [1.82, 2.24) is 10.2 Å². The van der Waals surface area contributed by atoms with Gasteiger partial charge in [0.05, 0.1) is 0 Å². The summed E-state index contributed by atoms with van der Waals surface area (Å²) in [5.41, 5.74) is 0.453. The molecule has 4 heteroatoms. The zero-order valence-corrected chi connectivity index (χ0v) is 14.0. The minimum atomic E-state index is -0.417. The van der Waals surface area contributed by atoms with Gasteiger partial charge in [-0.05, 0) is 36.5 Å². The van der Waals surface area contributed by atoms with Gasteiger partial charge in [0.15, 0.2) is 0 Å². The Labute approximate surface area is 128 Å². The monoisotopic (exact) mass is 294 g/mol. The Morgan fingerprint density at radius 2 is 1.90 bits per heavy atom. The van der Waals surface area contributed by atoms with Gasteiger partial charge in [0.1, 0.15) is 0 Å². The fourth-order valence-corrected chi connectivity index (χ4v) is 4.48. The number of unbranched alkanes of at least 4 members (excludes halogenated alkanes) is 2. The molecule has 0 aromatic carbocycles. The van der Waals surface area contributed by atoms with Crippen molar-refractivity contribution >= 4 is 11.8 Å². The summed E-state index contributed by atoms with van der Waals surface area (Å²) in [5.74, 6) is -0.738. The van der Waals surface area contributed by atoms with Crippen molar-refractivity contribution < 1.29 is 9.59 Å². The molecule has 0 radical (unpaired) electrons. The van der Waals surface area contributed by atoms with Crippen molar-refractivity contribution in [2.75, 3.05) is 13.1 Å². The molecule has 2 atom stereocenters. The van der Waals surface area contributed by atoms with E-state index >= 15 is 0 Å². The number of carbonyl (C=O) groups is 2. The quantitative estimate of drug-likeness (QED) is 0.640. The van der Waals surface area contributed by atoms with E-state index in [-0.39, 0.29) is 22.8 Å². The van der Waals surface area contributed by atoms with Crippen LogP contribution in [-0.4, -0.2) is 35.8 Å². The Morgan fingerprint density at radius 1 is 1.19 bits per heavy atom. The van der Waals surface area contributed by atoms with Crippen LogP contribution in [0.4, 0.5) is 0 Å². The number of fused-ring (bicyclic) bond motifs is 2. The van der Waals surface area contributed by atoms with Crippen molar-refractivity contribution in [2.24, 2.45) is 10.8 Å². The molecule has 1 N–H and O–H groups in total.